The molecular formula is C19H26NO3P. The van der Waals surface area contributed by atoms with Gasteiger partial charge in [-0.3, -0.25) is 9.88 Å². The fourth-order valence-corrected chi connectivity index (χ4v) is 4.57. The Morgan fingerprint density at radius 1 is 0.917 bits per heavy atom. The van der Waals surface area contributed by atoms with Gasteiger partial charge in [0, 0.05) is 6.54 Å². The minimum Gasteiger partial charge on any atom is -0.308 e. The Kier molecular flexibility index (Phi) is 7.67. The van der Waals surface area contributed by atoms with Crippen LogP contribution in [0.1, 0.15) is 30.8 Å². The molecule has 0 heterocycles. The van der Waals surface area contributed by atoms with Crippen molar-refractivity contribution < 1.29 is 13.6 Å². The summed E-state index contributed by atoms with van der Waals surface area (Å²) in [6.45, 7) is 5.05. The Balaban J connectivity index is 2.15. The molecule has 0 radical (unpaired) electrons. The first-order chi connectivity index (χ1) is 11.7. The molecule has 0 bridgehead atoms. The Morgan fingerprint density at radius 2 is 1.46 bits per heavy atom. The quantitative estimate of drug-likeness (QED) is 0.628. The van der Waals surface area contributed by atoms with E-state index in [-0.39, 0.29) is 0 Å². The molecule has 0 saturated carbocycles. The molecule has 0 saturated heterocycles. The topological polar surface area (TPSA) is 47.6 Å². The van der Waals surface area contributed by atoms with Crippen LogP contribution in [0.3, 0.4) is 0 Å². The lowest BCUT2D eigenvalue weighted by Gasteiger charge is -2.27. The monoisotopic (exact) mass is 347 g/mol. The number of nitrogens with one attached hydrogen (secondary N) is 1. The molecule has 1 unspecified atom stereocenters. The SMILES string of the molecule is CCOP(=O)(OCC)C(NCCc1ccccc1)c1ccccc1. The third-order valence-electron chi connectivity index (χ3n) is 3.64. The average molecular weight is 347 g/mol. The Morgan fingerprint density at radius 3 is 2.00 bits per heavy atom. The lowest BCUT2D eigenvalue weighted by molar-refractivity contribution is 0.207. The van der Waals surface area contributed by atoms with Crippen LogP contribution >= 0.6 is 7.60 Å². The van der Waals surface area contributed by atoms with Crippen LogP contribution in [0.15, 0.2) is 60.7 Å². The van der Waals surface area contributed by atoms with Crippen molar-refractivity contribution in [1.82, 2.24) is 5.32 Å². The van der Waals surface area contributed by atoms with Crippen molar-refractivity contribution in [1.29, 1.82) is 0 Å². The van der Waals surface area contributed by atoms with E-state index < -0.39 is 13.4 Å². The van der Waals surface area contributed by atoms with Gasteiger partial charge in [-0.2, -0.15) is 0 Å². The van der Waals surface area contributed by atoms with Gasteiger partial charge >= 0.3 is 7.60 Å². The van der Waals surface area contributed by atoms with Crippen LogP contribution in [-0.4, -0.2) is 19.8 Å². The van der Waals surface area contributed by atoms with Crippen molar-refractivity contribution in [2.24, 2.45) is 0 Å². The van der Waals surface area contributed by atoms with Crippen molar-refractivity contribution >= 4 is 7.60 Å². The summed E-state index contributed by atoms with van der Waals surface area (Å²) in [4.78, 5) is 0. The van der Waals surface area contributed by atoms with E-state index in [0.29, 0.717) is 19.8 Å². The van der Waals surface area contributed by atoms with Crippen LogP contribution < -0.4 is 5.32 Å². The van der Waals surface area contributed by atoms with Crippen molar-refractivity contribution in [3.8, 4) is 0 Å². The molecule has 2 aromatic carbocycles. The Hall–Kier alpha value is -1.45. The standard InChI is InChI=1S/C19H26NO3P/c1-3-22-24(21,23-4-2)19(18-13-9-6-10-14-18)20-16-15-17-11-7-5-8-12-17/h5-14,19-20H,3-4,15-16H2,1-2H3. The zero-order valence-electron chi connectivity index (χ0n) is 14.4. The highest BCUT2D eigenvalue weighted by Gasteiger charge is 2.36. The molecule has 0 amide bonds. The number of rotatable bonds is 10. The minimum atomic E-state index is -3.28. The third-order valence-corrected chi connectivity index (χ3v) is 5.99. The van der Waals surface area contributed by atoms with Gasteiger partial charge in [-0.15, -0.1) is 0 Å². The maximum Gasteiger partial charge on any atom is 0.351 e. The zero-order chi connectivity index (χ0) is 17.3. The van der Waals surface area contributed by atoms with Crippen LogP contribution in [0, 0.1) is 0 Å². The summed E-state index contributed by atoms with van der Waals surface area (Å²) in [5.74, 6) is -0.470. The maximum atomic E-state index is 13.2. The predicted octanol–water partition coefficient (Wildman–Crippen LogP) is 4.78. The van der Waals surface area contributed by atoms with Crippen molar-refractivity contribution in [3.05, 3.63) is 71.8 Å². The van der Waals surface area contributed by atoms with Gasteiger partial charge in [-0.1, -0.05) is 60.7 Å². The molecule has 0 spiro atoms. The fourth-order valence-electron chi connectivity index (χ4n) is 2.59. The molecule has 130 valence electrons. The van der Waals surface area contributed by atoms with E-state index in [4.69, 9.17) is 9.05 Å². The lowest BCUT2D eigenvalue weighted by atomic mass is 10.1. The van der Waals surface area contributed by atoms with E-state index in [1.807, 2.05) is 62.4 Å². The summed E-state index contributed by atoms with van der Waals surface area (Å²) in [6, 6.07) is 19.9. The first-order valence-electron chi connectivity index (χ1n) is 8.40. The molecule has 2 aromatic rings. The largest absolute Gasteiger partial charge is 0.351 e. The van der Waals surface area contributed by atoms with E-state index in [2.05, 4.69) is 17.4 Å². The van der Waals surface area contributed by atoms with Crippen molar-refractivity contribution in [3.63, 3.8) is 0 Å². The number of hydrogen-bond acceptors (Lipinski definition) is 4. The van der Waals surface area contributed by atoms with Crippen LogP contribution in [0.5, 0.6) is 0 Å². The highest BCUT2D eigenvalue weighted by Crippen LogP contribution is 2.59. The van der Waals surface area contributed by atoms with Gasteiger partial charge in [0.2, 0.25) is 0 Å². The first-order valence-corrected chi connectivity index (χ1v) is 10.0. The van der Waals surface area contributed by atoms with Crippen molar-refractivity contribution in [2.45, 2.75) is 26.1 Å². The van der Waals surface area contributed by atoms with E-state index in [9.17, 15) is 4.57 Å². The van der Waals surface area contributed by atoms with Gasteiger partial charge < -0.3 is 9.05 Å². The molecule has 2 rings (SSSR count). The molecule has 0 aliphatic heterocycles. The van der Waals surface area contributed by atoms with Gasteiger partial charge in [0.25, 0.3) is 0 Å². The van der Waals surface area contributed by atoms with Gasteiger partial charge in [-0.25, -0.2) is 0 Å². The van der Waals surface area contributed by atoms with Gasteiger partial charge in [0.1, 0.15) is 5.78 Å². The molecule has 4 nitrogen and oxygen atoms in total. The number of benzene rings is 2. The summed E-state index contributed by atoms with van der Waals surface area (Å²) >= 11 is 0. The van der Waals surface area contributed by atoms with E-state index in [1.54, 1.807) is 0 Å². The molecule has 1 atom stereocenters. The Labute approximate surface area is 144 Å². The number of hydrogen-bond donors (Lipinski definition) is 1. The van der Waals surface area contributed by atoms with E-state index in [1.165, 1.54) is 5.56 Å². The first kappa shape index (κ1) is 18.9. The van der Waals surface area contributed by atoms with Gasteiger partial charge in [-0.05, 0) is 31.4 Å². The predicted molar refractivity (Wildman–Crippen MR) is 98.2 cm³/mol. The lowest BCUT2D eigenvalue weighted by Crippen LogP contribution is -2.25. The second kappa shape index (κ2) is 9.75. The second-order valence-electron chi connectivity index (χ2n) is 5.38. The summed E-state index contributed by atoms with van der Waals surface area (Å²) in [7, 11) is -3.28. The van der Waals surface area contributed by atoms with Gasteiger partial charge in [0.05, 0.1) is 13.2 Å². The summed E-state index contributed by atoms with van der Waals surface area (Å²) in [5.41, 5.74) is 2.15. The molecular weight excluding hydrogens is 321 g/mol. The van der Waals surface area contributed by atoms with E-state index >= 15 is 0 Å². The second-order valence-corrected chi connectivity index (χ2v) is 7.49. The summed E-state index contributed by atoms with van der Waals surface area (Å²) in [5, 5.41) is 3.38. The molecule has 0 aromatic heterocycles. The highest BCUT2D eigenvalue weighted by atomic mass is 31.2. The molecule has 24 heavy (non-hydrogen) atoms. The van der Waals surface area contributed by atoms with E-state index in [0.717, 1.165) is 12.0 Å². The third kappa shape index (κ3) is 5.29. The summed E-state index contributed by atoms with van der Waals surface area (Å²) in [6.07, 6.45) is 0.850. The summed E-state index contributed by atoms with van der Waals surface area (Å²) < 4.78 is 24.4. The zero-order valence-corrected chi connectivity index (χ0v) is 15.2. The van der Waals surface area contributed by atoms with Gasteiger partial charge in [0.15, 0.2) is 0 Å². The molecule has 0 aliphatic rings. The van der Waals surface area contributed by atoms with Crippen LogP contribution in [0.25, 0.3) is 0 Å². The minimum absolute atomic E-state index is 0.348. The molecule has 0 aliphatic carbocycles. The van der Waals surface area contributed by atoms with Crippen LogP contribution in [0.2, 0.25) is 0 Å². The molecule has 5 heteroatoms. The normalized spacial score (nSPS) is 12.9. The van der Waals surface area contributed by atoms with Crippen LogP contribution in [0.4, 0.5) is 0 Å². The Bertz CT molecular complexity index is 624. The highest BCUT2D eigenvalue weighted by molar-refractivity contribution is 7.54. The fraction of sp³-hybridized carbons (Fsp3) is 0.368. The molecule has 0 fully saturated rings. The van der Waals surface area contributed by atoms with Crippen LogP contribution in [-0.2, 0) is 20.0 Å². The maximum absolute atomic E-state index is 13.2. The average Bonchev–Trinajstić information content (AvgIpc) is 2.61. The molecule has 1 N–H and O–H groups in total. The smallest absolute Gasteiger partial charge is 0.308 e. The van der Waals surface area contributed by atoms with Crippen molar-refractivity contribution in [2.75, 3.05) is 19.8 Å².